The second kappa shape index (κ2) is 4.22. The number of benzene rings is 1. The van der Waals surface area contributed by atoms with Crippen LogP contribution in [0.15, 0.2) is 42.6 Å². The molecule has 0 N–H and O–H groups in total. The van der Waals surface area contributed by atoms with Gasteiger partial charge in [-0.25, -0.2) is 4.39 Å². The Kier molecular flexibility index (Phi) is 2.77. The third-order valence-corrected chi connectivity index (χ3v) is 2.36. The van der Waals surface area contributed by atoms with Crippen LogP contribution >= 0.6 is 0 Å². The van der Waals surface area contributed by atoms with Gasteiger partial charge in [0.1, 0.15) is 5.82 Å². The van der Waals surface area contributed by atoms with E-state index in [1.807, 2.05) is 18.3 Å². The first kappa shape index (κ1) is 9.84. The second-order valence-corrected chi connectivity index (χ2v) is 3.40. The molecule has 0 atom stereocenters. The molecule has 0 saturated carbocycles. The lowest BCUT2D eigenvalue weighted by molar-refractivity contribution is 0.628. The van der Waals surface area contributed by atoms with Gasteiger partial charge in [0.25, 0.3) is 0 Å². The van der Waals surface area contributed by atoms with E-state index in [9.17, 15) is 4.39 Å². The molecule has 2 aromatic rings. The van der Waals surface area contributed by atoms with Crippen LogP contribution in [-0.2, 0) is 6.42 Å². The van der Waals surface area contributed by atoms with Crippen molar-refractivity contribution in [2.24, 2.45) is 0 Å². The van der Waals surface area contributed by atoms with Crippen molar-refractivity contribution in [3.8, 4) is 11.1 Å². The van der Waals surface area contributed by atoms with Gasteiger partial charge in [-0.2, -0.15) is 0 Å². The Hall–Kier alpha value is -1.70. The Bertz CT molecular complexity index is 431. The van der Waals surface area contributed by atoms with Crippen LogP contribution in [-0.4, -0.2) is 4.98 Å². The summed E-state index contributed by atoms with van der Waals surface area (Å²) in [5, 5.41) is 0. The van der Waals surface area contributed by atoms with Crippen LogP contribution in [0.25, 0.3) is 11.1 Å². The monoisotopic (exact) mass is 201 g/mol. The lowest BCUT2D eigenvalue weighted by Gasteiger charge is -2.02. The smallest absolute Gasteiger partial charge is 0.123 e. The van der Waals surface area contributed by atoms with Crippen LogP contribution in [0, 0.1) is 5.82 Å². The highest BCUT2D eigenvalue weighted by atomic mass is 19.1. The van der Waals surface area contributed by atoms with Gasteiger partial charge < -0.3 is 0 Å². The van der Waals surface area contributed by atoms with Gasteiger partial charge in [-0.3, -0.25) is 4.98 Å². The molecule has 0 unspecified atom stereocenters. The van der Waals surface area contributed by atoms with Gasteiger partial charge in [0.05, 0.1) is 0 Å². The third-order valence-electron chi connectivity index (χ3n) is 2.36. The first-order valence-corrected chi connectivity index (χ1v) is 5.00. The average molecular weight is 201 g/mol. The Morgan fingerprint density at radius 3 is 2.20 bits per heavy atom. The fourth-order valence-corrected chi connectivity index (χ4v) is 1.45. The molecule has 2 heteroatoms. The van der Waals surface area contributed by atoms with Crippen molar-refractivity contribution in [3.63, 3.8) is 0 Å². The van der Waals surface area contributed by atoms with Crippen LogP contribution in [0.3, 0.4) is 0 Å². The molecule has 2 rings (SSSR count). The zero-order chi connectivity index (χ0) is 10.7. The van der Waals surface area contributed by atoms with E-state index >= 15 is 0 Å². The Morgan fingerprint density at radius 1 is 1.00 bits per heavy atom. The fraction of sp³-hybridized carbons (Fsp3) is 0.154. The quantitative estimate of drug-likeness (QED) is 0.725. The van der Waals surface area contributed by atoms with E-state index in [0.29, 0.717) is 0 Å². The van der Waals surface area contributed by atoms with Crippen LogP contribution < -0.4 is 0 Å². The van der Waals surface area contributed by atoms with Crippen molar-refractivity contribution in [3.05, 3.63) is 54.1 Å². The number of halogens is 1. The van der Waals surface area contributed by atoms with E-state index in [-0.39, 0.29) is 5.82 Å². The summed E-state index contributed by atoms with van der Waals surface area (Å²) in [7, 11) is 0. The Balaban J connectivity index is 2.33. The summed E-state index contributed by atoms with van der Waals surface area (Å²) in [6.45, 7) is 2.07. The maximum Gasteiger partial charge on any atom is 0.123 e. The molecule has 15 heavy (non-hydrogen) atoms. The molecule has 0 aliphatic heterocycles. The Labute approximate surface area is 88.6 Å². The molecule has 0 spiro atoms. The van der Waals surface area contributed by atoms with Crippen molar-refractivity contribution >= 4 is 0 Å². The number of hydrogen-bond donors (Lipinski definition) is 0. The average Bonchev–Trinajstić information content (AvgIpc) is 2.30. The minimum Gasteiger partial charge on any atom is -0.261 e. The molecule has 0 aliphatic carbocycles. The van der Waals surface area contributed by atoms with Crippen molar-refractivity contribution < 1.29 is 4.39 Å². The maximum absolute atomic E-state index is 12.7. The summed E-state index contributed by atoms with van der Waals surface area (Å²) in [5.41, 5.74) is 3.08. The first-order chi connectivity index (χ1) is 7.29. The Morgan fingerprint density at radius 2 is 1.67 bits per heavy atom. The molecule has 1 aromatic heterocycles. The van der Waals surface area contributed by atoms with Crippen molar-refractivity contribution in [2.75, 3.05) is 0 Å². The molecule has 0 radical (unpaired) electrons. The molecule has 0 saturated heterocycles. The van der Waals surface area contributed by atoms with E-state index in [0.717, 1.165) is 23.2 Å². The van der Waals surface area contributed by atoms with E-state index in [1.165, 1.54) is 12.1 Å². The number of rotatable bonds is 2. The lowest BCUT2D eigenvalue weighted by atomic mass is 10.1. The molecule has 1 heterocycles. The van der Waals surface area contributed by atoms with Crippen LogP contribution in [0.1, 0.15) is 12.6 Å². The van der Waals surface area contributed by atoms with Crippen LogP contribution in [0.2, 0.25) is 0 Å². The topological polar surface area (TPSA) is 12.9 Å². The van der Waals surface area contributed by atoms with Gasteiger partial charge in [0.2, 0.25) is 0 Å². The second-order valence-electron chi connectivity index (χ2n) is 3.40. The summed E-state index contributed by atoms with van der Waals surface area (Å²) in [5.74, 6) is -0.211. The number of nitrogens with zero attached hydrogens (tertiary/aromatic N) is 1. The van der Waals surface area contributed by atoms with Crippen molar-refractivity contribution in [1.82, 2.24) is 4.98 Å². The number of aromatic nitrogens is 1. The zero-order valence-corrected chi connectivity index (χ0v) is 8.57. The molecule has 76 valence electrons. The van der Waals surface area contributed by atoms with Gasteiger partial charge in [-0.05, 0) is 30.2 Å². The predicted molar refractivity (Wildman–Crippen MR) is 59.0 cm³/mol. The maximum atomic E-state index is 12.7. The summed E-state index contributed by atoms with van der Waals surface area (Å²) in [6, 6.07) is 10.5. The SMILES string of the molecule is CCc1ccc(-c2ccc(F)cc2)cn1. The molecule has 0 bridgehead atoms. The van der Waals surface area contributed by atoms with E-state index in [4.69, 9.17) is 0 Å². The molecule has 1 nitrogen and oxygen atoms in total. The highest BCUT2D eigenvalue weighted by Crippen LogP contribution is 2.18. The van der Waals surface area contributed by atoms with E-state index in [1.54, 1.807) is 12.1 Å². The van der Waals surface area contributed by atoms with Gasteiger partial charge >= 0.3 is 0 Å². The first-order valence-electron chi connectivity index (χ1n) is 5.00. The molecular weight excluding hydrogens is 189 g/mol. The largest absolute Gasteiger partial charge is 0.261 e. The van der Waals surface area contributed by atoms with Crippen LogP contribution in [0.4, 0.5) is 4.39 Å². The molecule has 0 fully saturated rings. The summed E-state index contributed by atoms with van der Waals surface area (Å²) in [4.78, 5) is 4.30. The van der Waals surface area contributed by atoms with E-state index in [2.05, 4.69) is 11.9 Å². The van der Waals surface area contributed by atoms with Gasteiger partial charge in [0, 0.05) is 17.5 Å². The lowest BCUT2D eigenvalue weighted by Crippen LogP contribution is -1.86. The molecule has 0 aliphatic rings. The zero-order valence-electron chi connectivity index (χ0n) is 8.57. The van der Waals surface area contributed by atoms with Gasteiger partial charge in [-0.15, -0.1) is 0 Å². The van der Waals surface area contributed by atoms with Crippen molar-refractivity contribution in [2.45, 2.75) is 13.3 Å². The third kappa shape index (κ3) is 2.21. The minimum absolute atomic E-state index is 0.211. The molecule has 1 aromatic carbocycles. The fourth-order valence-electron chi connectivity index (χ4n) is 1.45. The number of aryl methyl sites for hydroxylation is 1. The van der Waals surface area contributed by atoms with E-state index < -0.39 is 0 Å². The number of pyridine rings is 1. The summed E-state index contributed by atoms with van der Waals surface area (Å²) < 4.78 is 12.7. The summed E-state index contributed by atoms with van der Waals surface area (Å²) in [6.07, 6.45) is 2.76. The summed E-state index contributed by atoms with van der Waals surface area (Å²) >= 11 is 0. The highest BCUT2D eigenvalue weighted by Gasteiger charge is 1.98. The molecule has 0 amide bonds. The highest BCUT2D eigenvalue weighted by molar-refractivity contribution is 5.62. The minimum atomic E-state index is -0.211. The van der Waals surface area contributed by atoms with Gasteiger partial charge in [-0.1, -0.05) is 25.1 Å². The normalized spacial score (nSPS) is 10.3. The number of hydrogen-bond acceptors (Lipinski definition) is 1. The molecular formula is C13H12FN. The standard InChI is InChI=1S/C13H12FN/c1-2-13-8-5-11(9-15-13)10-3-6-12(14)7-4-10/h3-9H,2H2,1H3. The van der Waals surface area contributed by atoms with Crippen LogP contribution in [0.5, 0.6) is 0 Å². The predicted octanol–water partition coefficient (Wildman–Crippen LogP) is 3.45. The van der Waals surface area contributed by atoms with Crippen molar-refractivity contribution in [1.29, 1.82) is 0 Å². The van der Waals surface area contributed by atoms with Gasteiger partial charge in [0.15, 0.2) is 0 Å².